The average molecular weight is 290 g/mol. The lowest BCUT2D eigenvalue weighted by Gasteiger charge is -2.48. The van der Waals surface area contributed by atoms with Gasteiger partial charge in [0.15, 0.2) is 11.6 Å². The first-order valence-corrected chi connectivity index (χ1v) is 7.51. The van der Waals surface area contributed by atoms with Gasteiger partial charge in [-0.15, -0.1) is 0 Å². The summed E-state index contributed by atoms with van der Waals surface area (Å²) in [6, 6.07) is 0. The molecule has 0 aromatic heterocycles. The van der Waals surface area contributed by atoms with E-state index in [1.807, 2.05) is 13.8 Å². The molecule has 0 aromatic carbocycles. The Morgan fingerprint density at radius 3 is 2.48 bits per heavy atom. The summed E-state index contributed by atoms with van der Waals surface area (Å²) >= 11 is 0. The lowest BCUT2D eigenvalue weighted by Crippen LogP contribution is -2.52. The molecule has 0 bridgehead atoms. The number of aliphatic hydroxyl groups is 2. The van der Waals surface area contributed by atoms with Gasteiger partial charge in [-0.05, 0) is 44.1 Å². The van der Waals surface area contributed by atoms with Crippen molar-refractivity contribution in [3.05, 3.63) is 22.8 Å². The maximum absolute atomic E-state index is 12.5. The second kappa shape index (κ2) is 4.14. The summed E-state index contributed by atoms with van der Waals surface area (Å²) in [5.74, 6) is -0.818. The van der Waals surface area contributed by atoms with Crippen LogP contribution in [0.25, 0.3) is 0 Å². The van der Waals surface area contributed by atoms with Gasteiger partial charge >= 0.3 is 0 Å². The Morgan fingerprint density at radius 2 is 1.86 bits per heavy atom. The smallest absolute Gasteiger partial charge is 0.187 e. The normalized spacial score (nSPS) is 41.8. The highest BCUT2D eigenvalue weighted by atomic mass is 16.3. The van der Waals surface area contributed by atoms with E-state index in [0.29, 0.717) is 17.6 Å². The topological polar surface area (TPSA) is 74.6 Å². The van der Waals surface area contributed by atoms with Crippen LogP contribution < -0.4 is 0 Å². The Morgan fingerprint density at radius 1 is 1.24 bits per heavy atom. The molecule has 0 heterocycles. The minimum atomic E-state index is -1.06. The standard InChI is InChI=1S/C17H22O4/c1-8-7-10(18)13-11(14(8)19)15(20)12-9(16(13,2)3)5-6-17(12,4)21/h7,9,12,15,20-21H,5-6H2,1-4H3/t9-,12-,15+,17-/m1/s1. The van der Waals surface area contributed by atoms with Crippen molar-refractivity contribution in [2.24, 2.45) is 17.3 Å². The van der Waals surface area contributed by atoms with Crippen molar-refractivity contribution in [3.8, 4) is 0 Å². The van der Waals surface area contributed by atoms with Gasteiger partial charge in [-0.3, -0.25) is 9.59 Å². The largest absolute Gasteiger partial charge is 0.390 e. The van der Waals surface area contributed by atoms with Crippen LogP contribution in [0.4, 0.5) is 0 Å². The molecule has 3 aliphatic carbocycles. The molecule has 4 nitrogen and oxygen atoms in total. The first kappa shape index (κ1) is 14.7. The van der Waals surface area contributed by atoms with Crippen LogP contribution in [0.1, 0.15) is 40.5 Å². The van der Waals surface area contributed by atoms with Crippen LogP contribution >= 0.6 is 0 Å². The van der Waals surface area contributed by atoms with Gasteiger partial charge in [0, 0.05) is 22.6 Å². The number of hydrogen-bond acceptors (Lipinski definition) is 4. The number of Topliss-reactive ketones (excluding diaryl/α,β-unsaturated/α-hetero) is 1. The summed E-state index contributed by atoms with van der Waals surface area (Å²) in [6.45, 7) is 7.23. The zero-order valence-electron chi connectivity index (χ0n) is 12.9. The molecule has 0 radical (unpaired) electrons. The summed E-state index contributed by atoms with van der Waals surface area (Å²) in [5.41, 5.74) is -0.482. The van der Waals surface area contributed by atoms with Gasteiger partial charge in [-0.25, -0.2) is 0 Å². The van der Waals surface area contributed by atoms with E-state index < -0.39 is 23.0 Å². The summed E-state index contributed by atoms with van der Waals surface area (Å²) in [7, 11) is 0. The number of carbonyl (C=O) groups is 2. The van der Waals surface area contributed by atoms with Crippen molar-refractivity contribution >= 4 is 11.6 Å². The highest BCUT2D eigenvalue weighted by Crippen LogP contribution is 2.58. The van der Waals surface area contributed by atoms with Crippen LogP contribution in [-0.2, 0) is 9.59 Å². The third-order valence-corrected chi connectivity index (χ3v) is 5.79. The number of fused-ring (bicyclic) bond motifs is 1. The van der Waals surface area contributed by atoms with Crippen LogP contribution in [0.15, 0.2) is 22.8 Å². The molecular formula is C17H22O4. The molecule has 21 heavy (non-hydrogen) atoms. The van der Waals surface area contributed by atoms with E-state index in [1.165, 1.54) is 6.08 Å². The van der Waals surface area contributed by atoms with Crippen LogP contribution in [0.3, 0.4) is 0 Å². The van der Waals surface area contributed by atoms with Gasteiger partial charge in [0.25, 0.3) is 0 Å². The van der Waals surface area contributed by atoms with Gasteiger partial charge < -0.3 is 10.2 Å². The van der Waals surface area contributed by atoms with Crippen molar-refractivity contribution in [1.82, 2.24) is 0 Å². The maximum atomic E-state index is 12.5. The van der Waals surface area contributed by atoms with E-state index in [-0.39, 0.29) is 23.1 Å². The zero-order chi connectivity index (χ0) is 15.7. The minimum Gasteiger partial charge on any atom is -0.390 e. The molecule has 3 aliphatic rings. The Labute approximate surface area is 124 Å². The molecule has 0 spiro atoms. The van der Waals surface area contributed by atoms with Crippen LogP contribution in [0.5, 0.6) is 0 Å². The third-order valence-electron chi connectivity index (χ3n) is 5.79. The summed E-state index contributed by atoms with van der Waals surface area (Å²) in [5, 5.41) is 21.3. The SMILES string of the molecule is CC1=CC(=O)C2=C(C1=O)[C@H](O)[C@H]1[C@@H](CC[C@@]1(C)O)C2(C)C. The van der Waals surface area contributed by atoms with Gasteiger partial charge in [-0.2, -0.15) is 0 Å². The van der Waals surface area contributed by atoms with E-state index in [9.17, 15) is 19.8 Å². The number of ketones is 2. The molecule has 0 aliphatic heterocycles. The molecule has 4 heteroatoms. The fraction of sp³-hybridized carbons (Fsp3) is 0.647. The summed E-state index contributed by atoms with van der Waals surface area (Å²) in [4.78, 5) is 24.9. The maximum Gasteiger partial charge on any atom is 0.187 e. The summed E-state index contributed by atoms with van der Waals surface area (Å²) in [6.07, 6.45) is 1.65. The molecule has 114 valence electrons. The molecule has 2 N–H and O–H groups in total. The number of aliphatic hydroxyl groups excluding tert-OH is 1. The van der Waals surface area contributed by atoms with Crippen molar-refractivity contribution < 1.29 is 19.8 Å². The van der Waals surface area contributed by atoms with E-state index >= 15 is 0 Å². The number of rotatable bonds is 0. The third kappa shape index (κ3) is 1.75. The van der Waals surface area contributed by atoms with Gasteiger partial charge in [0.1, 0.15) is 0 Å². The fourth-order valence-corrected chi connectivity index (χ4v) is 4.70. The van der Waals surface area contributed by atoms with Crippen molar-refractivity contribution in [1.29, 1.82) is 0 Å². The van der Waals surface area contributed by atoms with Gasteiger partial charge in [-0.1, -0.05) is 13.8 Å². The molecule has 0 amide bonds. The average Bonchev–Trinajstić information content (AvgIpc) is 2.68. The first-order chi connectivity index (χ1) is 9.59. The van der Waals surface area contributed by atoms with E-state index in [4.69, 9.17) is 0 Å². The lowest BCUT2D eigenvalue weighted by atomic mass is 9.56. The predicted octanol–water partition coefficient (Wildman–Crippen LogP) is 1.56. The predicted molar refractivity (Wildman–Crippen MR) is 77.4 cm³/mol. The monoisotopic (exact) mass is 290 g/mol. The number of carbonyl (C=O) groups excluding carboxylic acids is 2. The quantitative estimate of drug-likeness (QED) is 0.664. The first-order valence-electron chi connectivity index (χ1n) is 7.51. The van der Waals surface area contributed by atoms with Crippen molar-refractivity contribution in [2.75, 3.05) is 0 Å². The summed E-state index contributed by atoms with van der Waals surface area (Å²) < 4.78 is 0. The number of allylic oxidation sites excluding steroid dienone is 3. The molecule has 0 saturated heterocycles. The van der Waals surface area contributed by atoms with Crippen LogP contribution in [0, 0.1) is 17.3 Å². The van der Waals surface area contributed by atoms with Gasteiger partial charge in [0.2, 0.25) is 0 Å². The zero-order valence-corrected chi connectivity index (χ0v) is 12.9. The van der Waals surface area contributed by atoms with Crippen molar-refractivity contribution in [2.45, 2.75) is 52.2 Å². The number of hydrogen-bond donors (Lipinski definition) is 2. The van der Waals surface area contributed by atoms with E-state index in [2.05, 4.69) is 0 Å². The fourth-order valence-electron chi connectivity index (χ4n) is 4.70. The van der Waals surface area contributed by atoms with Gasteiger partial charge in [0.05, 0.1) is 11.7 Å². The molecule has 1 saturated carbocycles. The molecule has 0 unspecified atom stereocenters. The molecule has 4 atom stereocenters. The molecule has 3 rings (SSSR count). The second-order valence-electron chi connectivity index (χ2n) is 7.50. The van der Waals surface area contributed by atoms with E-state index in [1.54, 1.807) is 13.8 Å². The highest BCUT2D eigenvalue weighted by molar-refractivity contribution is 6.23. The van der Waals surface area contributed by atoms with Crippen molar-refractivity contribution in [3.63, 3.8) is 0 Å². The Kier molecular flexibility index (Phi) is 2.89. The lowest BCUT2D eigenvalue weighted by molar-refractivity contribution is -0.122. The minimum absolute atomic E-state index is 0.00445. The Hall–Kier alpha value is -1.26. The Balaban J connectivity index is 2.23. The molecule has 1 fully saturated rings. The molecule has 0 aromatic rings. The van der Waals surface area contributed by atoms with Crippen LogP contribution in [0.2, 0.25) is 0 Å². The van der Waals surface area contributed by atoms with Crippen LogP contribution in [-0.4, -0.2) is 33.5 Å². The Bertz CT molecular complexity index is 606. The highest BCUT2D eigenvalue weighted by Gasteiger charge is 2.60. The van der Waals surface area contributed by atoms with E-state index in [0.717, 1.165) is 6.42 Å². The second-order valence-corrected chi connectivity index (χ2v) is 7.50. The molecular weight excluding hydrogens is 268 g/mol.